The molecule has 7 heteroatoms. The van der Waals surface area contributed by atoms with E-state index in [2.05, 4.69) is 24.5 Å². The van der Waals surface area contributed by atoms with E-state index in [9.17, 15) is 15.0 Å². The molecule has 0 amide bonds. The quantitative estimate of drug-likeness (QED) is 0.636. The fraction of sp³-hybridized carbons (Fsp3) is 0.500. The van der Waals surface area contributed by atoms with Gasteiger partial charge in [-0.3, -0.25) is 4.84 Å². The zero-order chi connectivity index (χ0) is 13.1. The summed E-state index contributed by atoms with van der Waals surface area (Å²) in [6.45, 7) is 6.75. The molecule has 1 aromatic rings. The van der Waals surface area contributed by atoms with Crippen LogP contribution in [0.1, 0.15) is 0 Å². The number of hydrogen-bond acceptors (Lipinski definition) is 5. The van der Waals surface area contributed by atoms with Crippen molar-refractivity contribution >= 4 is 14.2 Å². The Kier molecular flexibility index (Phi) is 4.05. The first-order chi connectivity index (χ1) is 7.79. The zero-order valence-corrected chi connectivity index (χ0v) is 11.1. The van der Waals surface area contributed by atoms with Gasteiger partial charge in [-0.2, -0.15) is 0 Å². The van der Waals surface area contributed by atoms with Crippen molar-refractivity contribution in [3.8, 4) is 11.8 Å². The lowest BCUT2D eigenvalue weighted by molar-refractivity contribution is 0.0384. The molecule has 0 spiro atoms. The van der Waals surface area contributed by atoms with Gasteiger partial charge in [0.2, 0.25) is 11.8 Å². The first-order valence-corrected chi connectivity index (χ1v) is 8.95. The van der Waals surface area contributed by atoms with Gasteiger partial charge in [0.1, 0.15) is 0 Å². The molecule has 1 heterocycles. The molecule has 0 fully saturated rings. The molecule has 0 saturated carbocycles. The summed E-state index contributed by atoms with van der Waals surface area (Å²) in [6, 6.07) is 3.22. The van der Waals surface area contributed by atoms with Gasteiger partial charge in [0.05, 0.1) is 6.61 Å². The summed E-state index contributed by atoms with van der Waals surface area (Å²) in [5, 5.41) is 18.4. The van der Waals surface area contributed by atoms with Crippen LogP contribution in [0.4, 0.5) is 4.79 Å². The topological polar surface area (TPSA) is 80.9 Å². The molecule has 17 heavy (non-hydrogen) atoms. The Labute approximate surface area is 100 Å². The van der Waals surface area contributed by atoms with Gasteiger partial charge >= 0.3 is 6.16 Å². The van der Waals surface area contributed by atoms with E-state index >= 15 is 0 Å². The summed E-state index contributed by atoms with van der Waals surface area (Å²) in [7, 11) is -1.26. The number of carbonyl (C=O) groups excluding carboxylic acids is 1. The van der Waals surface area contributed by atoms with Crippen LogP contribution in [0.2, 0.25) is 25.7 Å². The molecule has 0 aliphatic carbocycles. The number of rotatable bonds is 4. The van der Waals surface area contributed by atoms with E-state index in [0.29, 0.717) is 4.73 Å². The highest BCUT2D eigenvalue weighted by atomic mass is 28.3. The van der Waals surface area contributed by atoms with Crippen LogP contribution in [0.15, 0.2) is 12.1 Å². The summed E-state index contributed by atoms with van der Waals surface area (Å²) in [5.74, 6) is -0.741. The molecule has 0 atom stereocenters. The number of aromatic hydroxyl groups is 2. The third kappa shape index (κ3) is 4.39. The summed E-state index contributed by atoms with van der Waals surface area (Å²) in [4.78, 5) is 15.8. The molecular formula is C10H17NO5Si. The predicted octanol–water partition coefficient (Wildman–Crippen LogP) is 1.80. The van der Waals surface area contributed by atoms with E-state index in [1.165, 1.54) is 12.1 Å². The second-order valence-corrected chi connectivity index (χ2v) is 10.5. The van der Waals surface area contributed by atoms with Gasteiger partial charge in [-0.05, 0) is 6.04 Å². The van der Waals surface area contributed by atoms with Gasteiger partial charge in [-0.15, -0.1) is 4.73 Å². The maximum Gasteiger partial charge on any atom is 0.533 e. The largest absolute Gasteiger partial charge is 0.533 e. The van der Waals surface area contributed by atoms with Gasteiger partial charge in [0.15, 0.2) is 0 Å². The Hall–Kier alpha value is -1.63. The van der Waals surface area contributed by atoms with Crippen LogP contribution >= 0.6 is 0 Å². The number of ether oxygens (including phenoxy) is 1. The van der Waals surface area contributed by atoms with Crippen molar-refractivity contribution < 1.29 is 24.6 Å². The standard InChI is InChI=1S/C10H17NO5Si/c1-17(2,3)7-6-15-10(14)16-11-8(12)4-5-9(11)13/h4-5,12-13H,6-7H2,1-3H3. The average Bonchev–Trinajstić information content (AvgIpc) is 2.47. The molecule has 0 aliphatic rings. The van der Waals surface area contributed by atoms with E-state index in [-0.39, 0.29) is 18.4 Å². The van der Waals surface area contributed by atoms with E-state index < -0.39 is 14.2 Å². The molecule has 6 nitrogen and oxygen atoms in total. The molecule has 0 bridgehead atoms. The predicted molar refractivity (Wildman–Crippen MR) is 63.8 cm³/mol. The maximum atomic E-state index is 11.2. The highest BCUT2D eigenvalue weighted by Gasteiger charge is 2.16. The van der Waals surface area contributed by atoms with E-state index in [4.69, 9.17) is 4.74 Å². The van der Waals surface area contributed by atoms with Crippen LogP contribution in [-0.4, -0.2) is 35.8 Å². The molecule has 0 saturated heterocycles. The molecule has 96 valence electrons. The van der Waals surface area contributed by atoms with Crippen molar-refractivity contribution in [1.82, 2.24) is 4.73 Å². The third-order valence-electron chi connectivity index (χ3n) is 2.04. The summed E-state index contributed by atoms with van der Waals surface area (Å²) < 4.78 is 5.43. The molecule has 0 aliphatic heterocycles. The average molecular weight is 259 g/mol. The number of aromatic nitrogens is 1. The van der Waals surface area contributed by atoms with Gasteiger partial charge in [-0.1, -0.05) is 19.6 Å². The van der Waals surface area contributed by atoms with Crippen molar-refractivity contribution in [2.24, 2.45) is 0 Å². The number of carbonyl (C=O) groups is 1. The summed E-state index contributed by atoms with van der Waals surface area (Å²) >= 11 is 0. The SMILES string of the molecule is C[Si](C)(C)CCOC(=O)On1c(O)ccc1O. The minimum atomic E-state index is -1.26. The Morgan fingerprint density at radius 1 is 1.29 bits per heavy atom. The van der Waals surface area contributed by atoms with Crippen LogP contribution in [0.25, 0.3) is 0 Å². The highest BCUT2D eigenvalue weighted by molar-refractivity contribution is 6.76. The Morgan fingerprint density at radius 2 is 1.82 bits per heavy atom. The smallest absolute Gasteiger partial charge is 0.492 e. The normalized spacial score (nSPS) is 11.2. The van der Waals surface area contributed by atoms with E-state index in [0.717, 1.165) is 6.04 Å². The zero-order valence-electron chi connectivity index (χ0n) is 10.1. The minimum absolute atomic E-state index is 0.275. The summed E-state index contributed by atoms with van der Waals surface area (Å²) in [5.41, 5.74) is 0. The van der Waals surface area contributed by atoms with Crippen LogP contribution in [0.5, 0.6) is 11.8 Å². The van der Waals surface area contributed by atoms with Crippen LogP contribution < -0.4 is 4.84 Å². The second-order valence-electron chi connectivity index (χ2n) is 4.84. The Balaban J connectivity index is 2.41. The highest BCUT2D eigenvalue weighted by Crippen LogP contribution is 2.18. The number of hydrogen-bond donors (Lipinski definition) is 2. The third-order valence-corrected chi connectivity index (χ3v) is 3.74. The lowest BCUT2D eigenvalue weighted by Gasteiger charge is -2.15. The van der Waals surface area contributed by atoms with E-state index in [1.807, 2.05) is 0 Å². The first kappa shape index (κ1) is 13.4. The molecule has 0 radical (unpaired) electrons. The fourth-order valence-corrected chi connectivity index (χ4v) is 1.75. The van der Waals surface area contributed by atoms with Crippen molar-refractivity contribution in [2.75, 3.05) is 6.61 Å². The molecule has 2 N–H and O–H groups in total. The van der Waals surface area contributed by atoms with Crippen molar-refractivity contribution in [2.45, 2.75) is 25.7 Å². The van der Waals surface area contributed by atoms with Gasteiger partial charge in [-0.25, -0.2) is 4.79 Å². The van der Waals surface area contributed by atoms with Crippen molar-refractivity contribution in [3.05, 3.63) is 12.1 Å². The monoisotopic (exact) mass is 259 g/mol. The number of nitrogens with zero attached hydrogens (tertiary/aromatic N) is 1. The molecule has 0 unspecified atom stereocenters. The molecule has 1 rings (SSSR count). The lowest BCUT2D eigenvalue weighted by Crippen LogP contribution is -2.25. The molecule has 1 aromatic heterocycles. The van der Waals surface area contributed by atoms with Crippen LogP contribution in [0.3, 0.4) is 0 Å². The van der Waals surface area contributed by atoms with Crippen molar-refractivity contribution in [1.29, 1.82) is 0 Å². The Morgan fingerprint density at radius 3 is 2.29 bits per heavy atom. The first-order valence-electron chi connectivity index (χ1n) is 5.24. The molecule has 0 aromatic carbocycles. The maximum absolute atomic E-state index is 11.2. The molecular weight excluding hydrogens is 242 g/mol. The second kappa shape index (κ2) is 5.13. The van der Waals surface area contributed by atoms with E-state index in [1.54, 1.807) is 0 Å². The van der Waals surface area contributed by atoms with Crippen molar-refractivity contribution in [3.63, 3.8) is 0 Å². The van der Waals surface area contributed by atoms with Gasteiger partial charge in [0.25, 0.3) is 0 Å². The van der Waals surface area contributed by atoms with Gasteiger partial charge < -0.3 is 14.9 Å². The Bertz CT molecular complexity index is 376. The lowest BCUT2D eigenvalue weighted by atomic mass is 10.6. The minimum Gasteiger partial charge on any atom is -0.492 e. The van der Waals surface area contributed by atoms with Gasteiger partial charge in [0, 0.05) is 20.2 Å². The van der Waals surface area contributed by atoms with Crippen LogP contribution in [-0.2, 0) is 4.74 Å². The summed E-state index contributed by atoms with van der Waals surface area (Å²) in [6.07, 6.45) is -0.954. The van der Waals surface area contributed by atoms with Crippen LogP contribution in [0, 0.1) is 0 Å². The fourth-order valence-electron chi connectivity index (χ4n) is 1.04.